The topological polar surface area (TPSA) is 48.7 Å². The van der Waals surface area contributed by atoms with Crippen LogP contribution in [0.25, 0.3) is 5.57 Å². The summed E-state index contributed by atoms with van der Waals surface area (Å²) in [6, 6.07) is 2.01. The normalized spacial score (nSPS) is 26.0. The number of carbonyl (C=O) groups excluding carboxylic acids is 1. The van der Waals surface area contributed by atoms with Gasteiger partial charge >= 0.3 is 5.97 Å². The van der Waals surface area contributed by atoms with Gasteiger partial charge < -0.3 is 13.9 Å². The molecule has 2 aliphatic rings. The summed E-state index contributed by atoms with van der Waals surface area (Å²) in [4.78, 5) is 12.3. The van der Waals surface area contributed by atoms with E-state index in [1.807, 2.05) is 39.8 Å². The molecule has 4 nitrogen and oxygen atoms in total. The van der Waals surface area contributed by atoms with E-state index in [1.54, 1.807) is 7.11 Å². The van der Waals surface area contributed by atoms with E-state index in [0.29, 0.717) is 6.42 Å². The average Bonchev–Trinajstić information content (AvgIpc) is 3.05. The zero-order chi connectivity index (χ0) is 18.3. The predicted octanol–water partition coefficient (Wildman–Crippen LogP) is 4.91. The first-order valence-corrected chi connectivity index (χ1v) is 8.71. The van der Waals surface area contributed by atoms with Gasteiger partial charge in [0.1, 0.15) is 23.7 Å². The molecule has 3 atom stereocenters. The minimum absolute atomic E-state index is 0.0729. The molecule has 4 heteroatoms. The third kappa shape index (κ3) is 3.11. The molecule has 3 rings (SSSR count). The van der Waals surface area contributed by atoms with Crippen molar-refractivity contribution in [3.05, 3.63) is 52.5 Å². The van der Waals surface area contributed by atoms with E-state index in [9.17, 15) is 4.79 Å². The van der Waals surface area contributed by atoms with E-state index in [-0.39, 0.29) is 24.1 Å². The minimum atomic E-state index is -0.381. The van der Waals surface area contributed by atoms with Crippen molar-refractivity contribution in [2.45, 2.75) is 52.7 Å². The van der Waals surface area contributed by atoms with Gasteiger partial charge in [-0.15, -0.1) is 0 Å². The molecule has 134 valence electrons. The van der Waals surface area contributed by atoms with Crippen LogP contribution in [-0.4, -0.2) is 19.2 Å². The number of rotatable bonds is 2. The van der Waals surface area contributed by atoms with Crippen LogP contribution in [0.15, 0.2) is 39.9 Å². The van der Waals surface area contributed by atoms with Gasteiger partial charge in [0.2, 0.25) is 0 Å². The maximum absolute atomic E-state index is 12.3. The Hall–Kier alpha value is -2.07. The van der Waals surface area contributed by atoms with Crippen LogP contribution in [0.5, 0.6) is 0 Å². The van der Waals surface area contributed by atoms with E-state index in [1.165, 1.54) is 0 Å². The third-order valence-corrected chi connectivity index (χ3v) is 5.13. The van der Waals surface area contributed by atoms with Gasteiger partial charge in [-0.1, -0.05) is 17.7 Å². The first-order valence-electron chi connectivity index (χ1n) is 8.71. The SMILES string of the molecule is C=C(C)[C@@H]1CCC2=C[C@@H](OC2=O)C(=C(C)C)c2cc(C)c(o2)[C@H]1OC. The summed E-state index contributed by atoms with van der Waals surface area (Å²) in [5.41, 5.74) is 4.78. The van der Waals surface area contributed by atoms with Crippen LogP contribution in [0.3, 0.4) is 0 Å². The van der Waals surface area contributed by atoms with Gasteiger partial charge in [0, 0.05) is 24.2 Å². The summed E-state index contributed by atoms with van der Waals surface area (Å²) in [5.74, 6) is 1.41. The van der Waals surface area contributed by atoms with Crippen molar-refractivity contribution >= 4 is 11.5 Å². The zero-order valence-electron chi connectivity index (χ0n) is 15.6. The van der Waals surface area contributed by atoms with Crippen LogP contribution in [0.4, 0.5) is 0 Å². The standard InChI is InChI=1S/C21H26O4/c1-11(2)15-8-7-14-10-17(25-21(14)22)18(12(3)4)16-9-13(5)19(24-16)20(15)23-6/h9-10,15,17,20H,1,7-8H2,2-6H3/t15-,17+,20-/m0/s1. The van der Waals surface area contributed by atoms with E-state index in [4.69, 9.17) is 13.9 Å². The number of hydrogen-bond donors (Lipinski definition) is 0. The van der Waals surface area contributed by atoms with Crippen molar-refractivity contribution in [2.75, 3.05) is 7.11 Å². The molecule has 4 bridgehead atoms. The molecule has 0 saturated carbocycles. The molecule has 0 aliphatic carbocycles. The molecule has 1 aromatic heterocycles. The highest BCUT2D eigenvalue weighted by Crippen LogP contribution is 2.42. The Bertz CT molecular complexity index is 774. The van der Waals surface area contributed by atoms with Crippen LogP contribution in [0.1, 0.15) is 56.8 Å². The molecule has 0 saturated heterocycles. The number of aryl methyl sites for hydroxylation is 1. The lowest BCUT2D eigenvalue weighted by molar-refractivity contribution is -0.138. The molecule has 0 aromatic carbocycles. The van der Waals surface area contributed by atoms with E-state index in [0.717, 1.165) is 45.8 Å². The number of esters is 1. The molecular weight excluding hydrogens is 316 g/mol. The van der Waals surface area contributed by atoms with Gasteiger partial charge in [-0.2, -0.15) is 0 Å². The van der Waals surface area contributed by atoms with Gasteiger partial charge in [0.25, 0.3) is 0 Å². The smallest absolute Gasteiger partial charge is 0.334 e. The van der Waals surface area contributed by atoms with Crippen molar-refractivity contribution < 1.29 is 18.7 Å². The highest BCUT2D eigenvalue weighted by atomic mass is 16.5. The monoisotopic (exact) mass is 342 g/mol. The number of carbonyl (C=O) groups is 1. The van der Waals surface area contributed by atoms with Crippen LogP contribution in [0.2, 0.25) is 0 Å². The molecule has 0 unspecified atom stereocenters. The summed E-state index contributed by atoms with van der Waals surface area (Å²) in [6.07, 6.45) is 2.76. The molecule has 25 heavy (non-hydrogen) atoms. The average molecular weight is 342 g/mol. The van der Waals surface area contributed by atoms with Crippen LogP contribution >= 0.6 is 0 Å². The molecular formula is C21H26O4. The molecule has 3 heterocycles. The second-order valence-electron chi connectivity index (χ2n) is 7.24. The summed E-state index contributed by atoms with van der Waals surface area (Å²) < 4.78 is 17.7. The van der Waals surface area contributed by atoms with Gasteiger partial charge in [-0.05, 0) is 58.2 Å². The Morgan fingerprint density at radius 1 is 1.32 bits per heavy atom. The maximum Gasteiger partial charge on any atom is 0.334 e. The molecule has 2 aliphatic heterocycles. The lowest BCUT2D eigenvalue weighted by Gasteiger charge is -2.26. The summed E-state index contributed by atoms with van der Waals surface area (Å²) in [7, 11) is 1.70. The second-order valence-corrected chi connectivity index (χ2v) is 7.24. The van der Waals surface area contributed by atoms with Gasteiger partial charge in [-0.25, -0.2) is 4.79 Å². The van der Waals surface area contributed by atoms with Crippen LogP contribution in [-0.2, 0) is 14.3 Å². The fourth-order valence-corrected chi connectivity index (χ4v) is 3.81. The second kappa shape index (κ2) is 6.68. The zero-order valence-corrected chi connectivity index (χ0v) is 15.6. The highest BCUT2D eigenvalue weighted by molar-refractivity contribution is 5.93. The number of methoxy groups -OCH3 is 1. The summed E-state index contributed by atoms with van der Waals surface area (Å²) in [5, 5.41) is 0. The van der Waals surface area contributed by atoms with Crippen molar-refractivity contribution in [3.8, 4) is 0 Å². The van der Waals surface area contributed by atoms with Crippen LogP contribution in [0, 0.1) is 12.8 Å². The van der Waals surface area contributed by atoms with Gasteiger partial charge in [0.15, 0.2) is 0 Å². The molecule has 0 fully saturated rings. The first kappa shape index (κ1) is 17.7. The third-order valence-electron chi connectivity index (χ3n) is 5.13. The molecule has 0 spiro atoms. The van der Waals surface area contributed by atoms with E-state index >= 15 is 0 Å². The number of ether oxygens (including phenoxy) is 2. The Kier molecular flexibility index (Phi) is 4.74. The van der Waals surface area contributed by atoms with Crippen molar-refractivity contribution in [3.63, 3.8) is 0 Å². The summed E-state index contributed by atoms with van der Waals surface area (Å²) >= 11 is 0. The highest BCUT2D eigenvalue weighted by Gasteiger charge is 2.35. The number of allylic oxidation sites excluding steroid dienone is 1. The van der Waals surface area contributed by atoms with Gasteiger partial charge in [0.05, 0.1) is 0 Å². The molecule has 0 radical (unpaired) electrons. The van der Waals surface area contributed by atoms with Crippen molar-refractivity contribution in [1.82, 2.24) is 0 Å². The minimum Gasteiger partial charge on any atom is -0.458 e. The number of furan rings is 1. The number of hydrogen-bond acceptors (Lipinski definition) is 4. The van der Waals surface area contributed by atoms with Gasteiger partial charge in [-0.3, -0.25) is 0 Å². The Morgan fingerprint density at radius 3 is 2.64 bits per heavy atom. The fourth-order valence-electron chi connectivity index (χ4n) is 3.81. The maximum atomic E-state index is 12.3. The largest absolute Gasteiger partial charge is 0.458 e. The Balaban J connectivity index is 2.20. The summed E-state index contributed by atoms with van der Waals surface area (Å²) in [6.45, 7) is 12.2. The first-order chi connectivity index (χ1) is 11.8. The molecule has 0 N–H and O–H groups in total. The fraction of sp³-hybridized carbons (Fsp3) is 0.476. The Labute approximate surface area is 149 Å². The van der Waals surface area contributed by atoms with Crippen LogP contribution < -0.4 is 0 Å². The van der Waals surface area contributed by atoms with Crippen molar-refractivity contribution in [2.24, 2.45) is 5.92 Å². The van der Waals surface area contributed by atoms with E-state index < -0.39 is 0 Å². The predicted molar refractivity (Wildman–Crippen MR) is 97.0 cm³/mol. The van der Waals surface area contributed by atoms with Crippen molar-refractivity contribution in [1.29, 1.82) is 0 Å². The lowest BCUT2D eigenvalue weighted by atomic mass is 9.86. The lowest BCUT2D eigenvalue weighted by Crippen LogP contribution is -2.17. The quantitative estimate of drug-likeness (QED) is 0.566. The van der Waals surface area contributed by atoms with E-state index in [2.05, 4.69) is 6.58 Å². The Morgan fingerprint density at radius 2 is 2.04 bits per heavy atom. The molecule has 0 amide bonds. The number of fused-ring (bicyclic) bond motifs is 3. The molecule has 1 aromatic rings.